The van der Waals surface area contributed by atoms with Gasteiger partial charge in [0.15, 0.2) is 0 Å². The van der Waals surface area contributed by atoms with E-state index in [1.165, 1.54) is 6.07 Å². The molecule has 0 saturated carbocycles. The molecule has 2 nitrogen and oxygen atoms in total. The second kappa shape index (κ2) is 5.17. The number of nitrogens with zero attached hydrogens (tertiary/aromatic N) is 1. The summed E-state index contributed by atoms with van der Waals surface area (Å²) in [7, 11) is 1.70. The van der Waals surface area contributed by atoms with Gasteiger partial charge in [0.05, 0.1) is 10.0 Å². The summed E-state index contributed by atoms with van der Waals surface area (Å²) in [6, 6.07) is 4.74. The van der Waals surface area contributed by atoms with E-state index in [2.05, 4.69) is 15.9 Å². The summed E-state index contributed by atoms with van der Waals surface area (Å²) in [6.07, 6.45) is 0.810. The molecule has 0 saturated heterocycles. The fraction of sp³-hybridized carbons (Fsp3) is 0.462. The molecule has 1 amide bonds. The number of rotatable bonds is 3. The maximum atomic E-state index is 13.8. The van der Waals surface area contributed by atoms with Crippen LogP contribution in [0.5, 0.6) is 0 Å². The van der Waals surface area contributed by atoms with Gasteiger partial charge in [-0.3, -0.25) is 4.79 Å². The van der Waals surface area contributed by atoms with Crippen molar-refractivity contribution in [3.05, 3.63) is 34.1 Å². The summed E-state index contributed by atoms with van der Waals surface area (Å²) in [5.74, 6) is -0.799. The molecule has 0 fully saturated rings. The summed E-state index contributed by atoms with van der Waals surface area (Å²) in [5, 5.41) is 0. The van der Waals surface area contributed by atoms with Crippen molar-refractivity contribution in [1.29, 1.82) is 0 Å². The van der Waals surface area contributed by atoms with Crippen LogP contribution in [0.2, 0.25) is 0 Å². The van der Waals surface area contributed by atoms with Gasteiger partial charge >= 0.3 is 0 Å². The summed E-state index contributed by atoms with van der Waals surface area (Å²) in [5.41, 5.74) is -0.186. The zero-order valence-corrected chi connectivity index (χ0v) is 12.1. The third-order valence-electron chi connectivity index (χ3n) is 3.26. The number of amides is 1. The van der Waals surface area contributed by atoms with E-state index in [0.29, 0.717) is 4.47 Å². The van der Waals surface area contributed by atoms with E-state index >= 15 is 0 Å². The second-order valence-corrected chi connectivity index (χ2v) is 5.49. The summed E-state index contributed by atoms with van der Waals surface area (Å²) >= 11 is 3.09. The molecule has 0 aromatic heterocycles. The quantitative estimate of drug-likeness (QED) is 0.830. The zero-order valence-electron chi connectivity index (χ0n) is 10.6. The molecular formula is C13H17BrFNO. The molecule has 4 heteroatoms. The molecule has 0 aliphatic heterocycles. The van der Waals surface area contributed by atoms with E-state index in [1.807, 2.05) is 20.8 Å². The van der Waals surface area contributed by atoms with Crippen LogP contribution >= 0.6 is 15.9 Å². The van der Waals surface area contributed by atoms with E-state index in [1.54, 1.807) is 24.1 Å². The van der Waals surface area contributed by atoms with Crippen molar-refractivity contribution in [3.8, 4) is 0 Å². The highest BCUT2D eigenvalue weighted by Crippen LogP contribution is 2.23. The van der Waals surface area contributed by atoms with Gasteiger partial charge in [-0.2, -0.15) is 0 Å². The van der Waals surface area contributed by atoms with E-state index in [4.69, 9.17) is 0 Å². The minimum absolute atomic E-state index is 0.100. The maximum absolute atomic E-state index is 13.8. The molecule has 0 aliphatic carbocycles. The van der Waals surface area contributed by atoms with Crippen LogP contribution in [0.15, 0.2) is 22.7 Å². The molecule has 0 unspecified atom stereocenters. The zero-order chi connectivity index (χ0) is 13.2. The van der Waals surface area contributed by atoms with Gasteiger partial charge in [-0.05, 0) is 48.3 Å². The van der Waals surface area contributed by atoms with Gasteiger partial charge in [-0.15, -0.1) is 0 Å². The highest BCUT2D eigenvalue weighted by molar-refractivity contribution is 9.10. The van der Waals surface area contributed by atoms with Gasteiger partial charge < -0.3 is 4.90 Å². The number of halogens is 2. The summed E-state index contributed by atoms with van der Waals surface area (Å²) in [6.45, 7) is 5.92. The topological polar surface area (TPSA) is 20.3 Å². The Balaban J connectivity index is 3.09. The number of carbonyl (C=O) groups excluding carboxylic acids is 1. The van der Waals surface area contributed by atoms with E-state index in [-0.39, 0.29) is 17.0 Å². The van der Waals surface area contributed by atoms with Gasteiger partial charge in [0.1, 0.15) is 5.82 Å². The first-order valence-corrected chi connectivity index (χ1v) is 6.32. The molecule has 0 heterocycles. The van der Waals surface area contributed by atoms with Crippen LogP contribution in [0.3, 0.4) is 0 Å². The largest absolute Gasteiger partial charge is 0.337 e. The molecule has 1 aromatic rings. The fourth-order valence-corrected chi connectivity index (χ4v) is 1.73. The molecule has 0 N–H and O–H groups in total. The molecule has 17 heavy (non-hydrogen) atoms. The minimum atomic E-state index is -0.503. The highest BCUT2D eigenvalue weighted by atomic mass is 79.9. The first-order chi connectivity index (χ1) is 7.81. The predicted molar refractivity (Wildman–Crippen MR) is 70.6 cm³/mol. The maximum Gasteiger partial charge on any atom is 0.257 e. The molecule has 1 rings (SSSR count). The van der Waals surface area contributed by atoms with Crippen molar-refractivity contribution in [3.63, 3.8) is 0 Å². The van der Waals surface area contributed by atoms with Crippen LogP contribution in [0, 0.1) is 5.82 Å². The van der Waals surface area contributed by atoms with Crippen LogP contribution in [-0.4, -0.2) is 23.4 Å². The molecule has 0 aliphatic rings. The predicted octanol–water partition coefficient (Wildman–Crippen LogP) is 3.85. The smallest absolute Gasteiger partial charge is 0.257 e. The van der Waals surface area contributed by atoms with Crippen LogP contribution in [0.25, 0.3) is 0 Å². The minimum Gasteiger partial charge on any atom is -0.337 e. The van der Waals surface area contributed by atoms with Crippen molar-refractivity contribution in [1.82, 2.24) is 4.90 Å². The number of hydrogen-bond donors (Lipinski definition) is 0. The molecule has 0 radical (unpaired) electrons. The van der Waals surface area contributed by atoms with Crippen LogP contribution < -0.4 is 0 Å². The van der Waals surface area contributed by atoms with Crippen molar-refractivity contribution in [2.24, 2.45) is 0 Å². The Hall–Kier alpha value is -0.900. The van der Waals surface area contributed by atoms with Crippen molar-refractivity contribution in [2.45, 2.75) is 32.7 Å². The van der Waals surface area contributed by atoms with E-state index in [9.17, 15) is 9.18 Å². The van der Waals surface area contributed by atoms with E-state index < -0.39 is 5.82 Å². The van der Waals surface area contributed by atoms with Gasteiger partial charge in [0.2, 0.25) is 0 Å². The number of carbonyl (C=O) groups is 1. The van der Waals surface area contributed by atoms with Gasteiger partial charge in [-0.1, -0.05) is 13.0 Å². The Labute approximate surface area is 110 Å². The van der Waals surface area contributed by atoms with Gasteiger partial charge in [0, 0.05) is 12.6 Å². The van der Waals surface area contributed by atoms with Gasteiger partial charge in [0.25, 0.3) is 5.91 Å². The molecule has 0 spiro atoms. The monoisotopic (exact) mass is 301 g/mol. The lowest BCUT2D eigenvalue weighted by Gasteiger charge is -2.35. The molecule has 0 atom stereocenters. The molecule has 1 aromatic carbocycles. The molecule has 0 bridgehead atoms. The molecular weight excluding hydrogens is 285 g/mol. The lowest BCUT2D eigenvalue weighted by atomic mass is 9.99. The number of benzene rings is 1. The van der Waals surface area contributed by atoms with Crippen molar-refractivity contribution in [2.75, 3.05) is 7.05 Å². The third-order valence-corrected chi connectivity index (χ3v) is 3.87. The standard InChI is InChI=1S/C13H17BrFNO/c1-5-13(2,3)16(4)12(17)9-7-6-8-10(14)11(9)15/h6-8H,5H2,1-4H3. The number of hydrogen-bond acceptors (Lipinski definition) is 1. The Morgan fingerprint density at radius 1 is 1.47 bits per heavy atom. The third kappa shape index (κ3) is 2.86. The summed E-state index contributed by atoms with van der Waals surface area (Å²) < 4.78 is 14.1. The average molecular weight is 302 g/mol. The lowest BCUT2D eigenvalue weighted by molar-refractivity contribution is 0.0615. The average Bonchev–Trinajstić information content (AvgIpc) is 2.30. The summed E-state index contributed by atoms with van der Waals surface area (Å²) in [4.78, 5) is 13.8. The second-order valence-electron chi connectivity index (χ2n) is 4.63. The first-order valence-electron chi connectivity index (χ1n) is 5.53. The Morgan fingerprint density at radius 3 is 2.59 bits per heavy atom. The van der Waals surface area contributed by atoms with Crippen LogP contribution in [0.4, 0.5) is 4.39 Å². The van der Waals surface area contributed by atoms with Crippen molar-refractivity contribution < 1.29 is 9.18 Å². The van der Waals surface area contributed by atoms with E-state index in [0.717, 1.165) is 6.42 Å². The normalized spacial score (nSPS) is 11.4. The van der Waals surface area contributed by atoms with Gasteiger partial charge in [-0.25, -0.2) is 4.39 Å². The van der Waals surface area contributed by atoms with Crippen LogP contribution in [-0.2, 0) is 0 Å². The van der Waals surface area contributed by atoms with Crippen molar-refractivity contribution >= 4 is 21.8 Å². The highest BCUT2D eigenvalue weighted by Gasteiger charge is 2.28. The Morgan fingerprint density at radius 2 is 2.06 bits per heavy atom. The Bertz CT molecular complexity index is 431. The SMILES string of the molecule is CCC(C)(C)N(C)C(=O)c1cccc(Br)c1F. The Kier molecular flexibility index (Phi) is 4.31. The lowest BCUT2D eigenvalue weighted by Crippen LogP contribution is -2.44. The van der Waals surface area contributed by atoms with Crippen LogP contribution in [0.1, 0.15) is 37.6 Å². The fourth-order valence-electron chi connectivity index (χ4n) is 1.36. The molecule has 94 valence electrons. The first kappa shape index (κ1) is 14.2.